The average Bonchev–Trinajstić information content (AvgIpc) is 2.81. The fraction of sp³-hybridized carbons (Fsp3) is 0.375. The Hall–Kier alpha value is -2.10. The van der Waals surface area contributed by atoms with Crippen LogP contribution in [0.25, 0.3) is 0 Å². The molecular formula is C16H20N2O2. The molecule has 0 N–H and O–H groups in total. The number of amides is 1. The van der Waals surface area contributed by atoms with E-state index >= 15 is 0 Å². The van der Waals surface area contributed by atoms with Gasteiger partial charge in [-0.15, -0.1) is 0 Å². The molecule has 4 heteroatoms. The van der Waals surface area contributed by atoms with Crippen molar-refractivity contribution in [1.29, 1.82) is 0 Å². The topological polar surface area (TPSA) is 46.3 Å². The quantitative estimate of drug-likeness (QED) is 0.857. The maximum absolute atomic E-state index is 12.5. The predicted molar refractivity (Wildman–Crippen MR) is 77.6 cm³/mol. The van der Waals surface area contributed by atoms with Crippen LogP contribution in [0.4, 0.5) is 0 Å². The lowest BCUT2D eigenvalue weighted by Gasteiger charge is -2.16. The van der Waals surface area contributed by atoms with Gasteiger partial charge in [0.05, 0.1) is 5.69 Å². The van der Waals surface area contributed by atoms with E-state index in [1.54, 1.807) is 18.9 Å². The normalized spacial score (nSPS) is 10.8. The summed E-state index contributed by atoms with van der Waals surface area (Å²) in [4.78, 5) is 18.4. The summed E-state index contributed by atoms with van der Waals surface area (Å²) in [5.41, 5.74) is 1.82. The first kappa shape index (κ1) is 14.3. The first-order valence-corrected chi connectivity index (χ1v) is 6.75. The number of hydrogen-bond acceptors (Lipinski definition) is 3. The second-order valence-corrected chi connectivity index (χ2v) is 5.25. The molecule has 0 fully saturated rings. The monoisotopic (exact) mass is 272 g/mol. The number of carbonyl (C=O) groups excluding carboxylic acids is 1. The molecule has 0 bridgehead atoms. The smallest absolute Gasteiger partial charge is 0.291 e. The number of aromatic nitrogens is 1. The molecule has 20 heavy (non-hydrogen) atoms. The van der Waals surface area contributed by atoms with Crippen molar-refractivity contribution in [2.75, 3.05) is 7.05 Å². The van der Waals surface area contributed by atoms with Gasteiger partial charge in [-0.05, 0) is 11.5 Å². The van der Waals surface area contributed by atoms with Crippen molar-refractivity contribution in [3.8, 4) is 0 Å². The van der Waals surface area contributed by atoms with Crippen molar-refractivity contribution < 1.29 is 9.21 Å². The van der Waals surface area contributed by atoms with Gasteiger partial charge in [0.15, 0.2) is 5.89 Å². The second-order valence-electron chi connectivity index (χ2n) is 5.25. The third kappa shape index (κ3) is 3.07. The summed E-state index contributed by atoms with van der Waals surface area (Å²) in [6.07, 6.45) is 0. The van der Waals surface area contributed by atoms with Gasteiger partial charge in [-0.1, -0.05) is 44.2 Å². The molecule has 2 aromatic rings. The van der Waals surface area contributed by atoms with Gasteiger partial charge in [-0.2, -0.15) is 0 Å². The molecule has 0 spiro atoms. The molecule has 0 atom stereocenters. The Labute approximate surface area is 119 Å². The molecule has 4 nitrogen and oxygen atoms in total. The van der Waals surface area contributed by atoms with E-state index < -0.39 is 0 Å². The summed E-state index contributed by atoms with van der Waals surface area (Å²) in [6, 6.07) is 9.89. The molecule has 1 aromatic heterocycles. The van der Waals surface area contributed by atoms with Crippen LogP contribution in [-0.2, 0) is 6.54 Å². The van der Waals surface area contributed by atoms with Crippen LogP contribution < -0.4 is 0 Å². The van der Waals surface area contributed by atoms with Crippen LogP contribution in [0.15, 0.2) is 34.7 Å². The summed E-state index contributed by atoms with van der Waals surface area (Å²) in [7, 11) is 1.78. The zero-order valence-corrected chi connectivity index (χ0v) is 12.4. The van der Waals surface area contributed by atoms with E-state index in [1.807, 2.05) is 44.2 Å². The summed E-state index contributed by atoms with van der Waals surface area (Å²) in [5.74, 6) is 0.927. The lowest BCUT2D eigenvalue weighted by atomic mass is 10.1. The Morgan fingerprint density at radius 2 is 1.95 bits per heavy atom. The molecule has 0 aliphatic carbocycles. The van der Waals surface area contributed by atoms with E-state index in [1.165, 1.54) is 0 Å². The van der Waals surface area contributed by atoms with Crippen molar-refractivity contribution in [3.63, 3.8) is 0 Å². The number of aryl methyl sites for hydroxylation is 1. The Bertz CT molecular complexity index is 588. The number of benzene rings is 1. The lowest BCUT2D eigenvalue weighted by Crippen LogP contribution is -2.26. The standard InChI is InChI=1S/C16H20N2O2/c1-11(2)14-15(20-12(3)17-14)16(19)18(4)10-13-8-6-5-7-9-13/h5-9,11H,10H2,1-4H3. The summed E-state index contributed by atoms with van der Waals surface area (Å²) in [5, 5.41) is 0. The number of nitrogens with zero attached hydrogens (tertiary/aromatic N) is 2. The number of carbonyl (C=O) groups is 1. The van der Waals surface area contributed by atoms with Gasteiger partial charge in [0.2, 0.25) is 5.76 Å². The predicted octanol–water partition coefficient (Wildman–Crippen LogP) is 3.38. The highest BCUT2D eigenvalue weighted by Gasteiger charge is 2.23. The van der Waals surface area contributed by atoms with Crippen LogP contribution in [0.1, 0.15) is 47.5 Å². The van der Waals surface area contributed by atoms with Crippen LogP contribution >= 0.6 is 0 Å². The minimum atomic E-state index is -0.127. The van der Waals surface area contributed by atoms with Crippen LogP contribution in [-0.4, -0.2) is 22.8 Å². The molecule has 1 aromatic carbocycles. The highest BCUT2D eigenvalue weighted by molar-refractivity contribution is 5.92. The number of oxazole rings is 1. The maximum atomic E-state index is 12.5. The van der Waals surface area contributed by atoms with Gasteiger partial charge in [0, 0.05) is 20.5 Å². The van der Waals surface area contributed by atoms with Gasteiger partial charge in [0.1, 0.15) is 0 Å². The van der Waals surface area contributed by atoms with Crippen LogP contribution in [0, 0.1) is 6.92 Å². The molecule has 2 rings (SSSR count). The highest BCUT2D eigenvalue weighted by Crippen LogP contribution is 2.21. The third-order valence-electron chi connectivity index (χ3n) is 3.11. The molecular weight excluding hydrogens is 252 g/mol. The lowest BCUT2D eigenvalue weighted by molar-refractivity contribution is 0.0750. The van der Waals surface area contributed by atoms with E-state index in [-0.39, 0.29) is 11.8 Å². The van der Waals surface area contributed by atoms with E-state index in [9.17, 15) is 4.79 Å². The van der Waals surface area contributed by atoms with Gasteiger partial charge in [0.25, 0.3) is 5.91 Å². The summed E-state index contributed by atoms with van der Waals surface area (Å²) in [6.45, 7) is 6.33. The molecule has 1 heterocycles. The van der Waals surface area contributed by atoms with Gasteiger partial charge in [-0.25, -0.2) is 4.98 Å². The fourth-order valence-corrected chi connectivity index (χ4v) is 2.09. The van der Waals surface area contributed by atoms with Gasteiger partial charge in [-0.3, -0.25) is 4.79 Å². The molecule has 0 aliphatic heterocycles. The molecule has 0 saturated heterocycles. The molecule has 0 radical (unpaired) electrons. The van der Waals surface area contributed by atoms with Crippen molar-refractivity contribution in [2.45, 2.75) is 33.2 Å². The van der Waals surface area contributed by atoms with E-state index in [0.717, 1.165) is 11.3 Å². The Morgan fingerprint density at radius 1 is 1.30 bits per heavy atom. The zero-order valence-electron chi connectivity index (χ0n) is 12.4. The zero-order chi connectivity index (χ0) is 14.7. The molecule has 0 saturated carbocycles. The molecule has 0 aliphatic rings. The Morgan fingerprint density at radius 3 is 2.55 bits per heavy atom. The average molecular weight is 272 g/mol. The Balaban J connectivity index is 2.19. The van der Waals surface area contributed by atoms with Gasteiger partial charge >= 0.3 is 0 Å². The van der Waals surface area contributed by atoms with Crippen LogP contribution in [0.5, 0.6) is 0 Å². The molecule has 0 unspecified atom stereocenters. The second kappa shape index (κ2) is 5.90. The van der Waals surface area contributed by atoms with Crippen molar-refractivity contribution in [1.82, 2.24) is 9.88 Å². The van der Waals surface area contributed by atoms with Gasteiger partial charge < -0.3 is 9.32 Å². The van der Waals surface area contributed by atoms with Crippen LogP contribution in [0.3, 0.4) is 0 Å². The van der Waals surface area contributed by atoms with E-state index in [2.05, 4.69) is 4.98 Å². The first-order chi connectivity index (χ1) is 9.49. The first-order valence-electron chi connectivity index (χ1n) is 6.75. The minimum Gasteiger partial charge on any atom is -0.436 e. The van der Waals surface area contributed by atoms with Crippen molar-refractivity contribution >= 4 is 5.91 Å². The fourth-order valence-electron chi connectivity index (χ4n) is 2.09. The number of hydrogen-bond donors (Lipinski definition) is 0. The summed E-state index contributed by atoms with van der Waals surface area (Å²) >= 11 is 0. The third-order valence-corrected chi connectivity index (χ3v) is 3.11. The largest absolute Gasteiger partial charge is 0.436 e. The van der Waals surface area contributed by atoms with Crippen molar-refractivity contribution in [2.24, 2.45) is 0 Å². The minimum absolute atomic E-state index is 0.127. The van der Waals surface area contributed by atoms with Crippen LogP contribution in [0.2, 0.25) is 0 Å². The summed E-state index contributed by atoms with van der Waals surface area (Å²) < 4.78 is 5.49. The van der Waals surface area contributed by atoms with Crippen molar-refractivity contribution in [3.05, 3.63) is 53.2 Å². The highest BCUT2D eigenvalue weighted by atomic mass is 16.4. The van der Waals surface area contributed by atoms with E-state index in [0.29, 0.717) is 18.2 Å². The SMILES string of the molecule is Cc1nc(C(C)C)c(C(=O)N(C)Cc2ccccc2)o1. The molecule has 106 valence electrons. The maximum Gasteiger partial charge on any atom is 0.291 e. The Kier molecular flexibility index (Phi) is 4.23. The van der Waals surface area contributed by atoms with E-state index in [4.69, 9.17) is 4.42 Å². The number of rotatable bonds is 4. The molecule has 1 amide bonds.